The lowest BCUT2D eigenvalue weighted by molar-refractivity contribution is 0.0174. The summed E-state index contributed by atoms with van der Waals surface area (Å²) in [7, 11) is -3.02. The lowest BCUT2D eigenvalue weighted by atomic mass is 9.85. The van der Waals surface area contributed by atoms with Gasteiger partial charge in [0.2, 0.25) is 0 Å². The zero-order valence-electron chi connectivity index (χ0n) is 11.6. The third kappa shape index (κ3) is 1.91. The topological polar surface area (TPSA) is 67.3 Å². The molecule has 0 radical (unpaired) electrons. The molecular weight excluding hydrogens is 286 g/mol. The zero-order chi connectivity index (χ0) is 14.7. The highest BCUT2D eigenvalue weighted by molar-refractivity contribution is 7.93. The predicted molar refractivity (Wildman–Crippen MR) is 80.6 cm³/mol. The smallest absolute Gasteiger partial charge is 0.156 e. The normalized spacial score (nSPS) is 34.1. The van der Waals surface area contributed by atoms with Crippen LogP contribution in [0.4, 0.5) is 0 Å². The second-order valence-corrected chi connectivity index (χ2v) is 8.77. The van der Waals surface area contributed by atoms with Gasteiger partial charge in [0.25, 0.3) is 0 Å². The summed E-state index contributed by atoms with van der Waals surface area (Å²) in [6.45, 7) is 0. The van der Waals surface area contributed by atoms with Gasteiger partial charge in [0.05, 0.1) is 21.6 Å². The minimum absolute atomic E-state index is 0.317. The van der Waals surface area contributed by atoms with Gasteiger partial charge in [-0.15, -0.1) is 0 Å². The molecule has 0 spiro atoms. The monoisotopic (exact) mass is 303 g/mol. The Kier molecular flexibility index (Phi) is 2.69. The summed E-state index contributed by atoms with van der Waals surface area (Å²) >= 11 is 0. The molecule has 2 unspecified atom stereocenters. The Hall–Kier alpha value is -1.46. The van der Waals surface area contributed by atoms with E-state index in [0.29, 0.717) is 25.7 Å². The van der Waals surface area contributed by atoms with Crippen LogP contribution in [0.15, 0.2) is 36.5 Å². The molecule has 2 bridgehead atoms. The van der Waals surface area contributed by atoms with E-state index in [1.807, 2.05) is 30.3 Å². The van der Waals surface area contributed by atoms with Crippen molar-refractivity contribution < 1.29 is 13.5 Å². The number of hydrogen-bond donors (Lipinski definition) is 1. The summed E-state index contributed by atoms with van der Waals surface area (Å²) in [5.41, 5.74) is 0.673. The number of fused-ring (bicyclic) bond motifs is 3. The minimum Gasteiger partial charge on any atom is -0.385 e. The molecule has 0 aliphatic carbocycles. The van der Waals surface area contributed by atoms with E-state index in [4.69, 9.17) is 0 Å². The Morgan fingerprint density at radius 3 is 2.57 bits per heavy atom. The fourth-order valence-corrected chi connectivity index (χ4v) is 6.34. The number of sulfone groups is 1. The summed E-state index contributed by atoms with van der Waals surface area (Å²) in [6.07, 6.45) is 3.74. The predicted octanol–water partition coefficient (Wildman–Crippen LogP) is 2.16. The summed E-state index contributed by atoms with van der Waals surface area (Å²) < 4.78 is 24.4. The van der Waals surface area contributed by atoms with E-state index in [1.165, 1.54) is 0 Å². The first-order valence-corrected chi connectivity index (χ1v) is 8.90. The summed E-state index contributed by atoms with van der Waals surface area (Å²) in [5.74, 6) is 0. The molecular formula is C16H17NO3S. The van der Waals surface area contributed by atoms with Crippen LogP contribution in [0, 0.1) is 0 Å². The number of nitrogens with zero attached hydrogens (tertiary/aromatic N) is 1. The standard InChI is InChI=1S/C16H17NO3S/c18-16(9-13-4-5-14(10-16)21(13,19)20)12-3-6-15-11(8-12)2-1-7-17-15/h1-3,6-8,13-14,18H,4-5,9-10H2. The van der Waals surface area contributed by atoms with Gasteiger partial charge in [-0.1, -0.05) is 12.1 Å². The van der Waals surface area contributed by atoms with Crippen molar-refractivity contribution in [1.29, 1.82) is 0 Å². The number of aliphatic hydroxyl groups is 1. The largest absolute Gasteiger partial charge is 0.385 e. The van der Waals surface area contributed by atoms with Gasteiger partial charge >= 0.3 is 0 Å². The number of hydrogen-bond acceptors (Lipinski definition) is 4. The molecule has 4 rings (SSSR count). The van der Waals surface area contributed by atoms with Crippen molar-refractivity contribution in [1.82, 2.24) is 4.98 Å². The van der Waals surface area contributed by atoms with Crippen molar-refractivity contribution >= 4 is 20.7 Å². The average molecular weight is 303 g/mol. The lowest BCUT2D eigenvalue weighted by Gasteiger charge is -2.36. The third-order valence-electron chi connectivity index (χ3n) is 5.01. The molecule has 4 nitrogen and oxygen atoms in total. The summed E-state index contributed by atoms with van der Waals surface area (Å²) in [6, 6.07) is 9.55. The number of rotatable bonds is 1. The highest BCUT2D eigenvalue weighted by Crippen LogP contribution is 2.47. The number of pyridine rings is 1. The molecule has 2 saturated heterocycles. The average Bonchev–Trinajstić information content (AvgIpc) is 2.66. The highest BCUT2D eigenvalue weighted by Gasteiger charge is 2.53. The van der Waals surface area contributed by atoms with Crippen LogP contribution in [-0.2, 0) is 15.4 Å². The molecule has 0 saturated carbocycles. The third-order valence-corrected chi connectivity index (χ3v) is 7.67. The molecule has 21 heavy (non-hydrogen) atoms. The van der Waals surface area contributed by atoms with Crippen LogP contribution in [0.5, 0.6) is 0 Å². The Labute approximate surface area is 123 Å². The molecule has 3 heterocycles. The van der Waals surface area contributed by atoms with E-state index in [-0.39, 0.29) is 10.5 Å². The molecule has 2 fully saturated rings. The van der Waals surface area contributed by atoms with Gasteiger partial charge in [0, 0.05) is 11.6 Å². The molecule has 2 aliphatic heterocycles. The van der Waals surface area contributed by atoms with Crippen molar-refractivity contribution in [3.8, 4) is 0 Å². The van der Waals surface area contributed by atoms with E-state index in [0.717, 1.165) is 16.5 Å². The van der Waals surface area contributed by atoms with E-state index in [2.05, 4.69) is 4.98 Å². The Morgan fingerprint density at radius 1 is 1.14 bits per heavy atom. The quantitative estimate of drug-likeness (QED) is 0.876. The second-order valence-electron chi connectivity index (χ2n) is 6.26. The Balaban J connectivity index is 1.78. The van der Waals surface area contributed by atoms with Crippen molar-refractivity contribution in [3.05, 3.63) is 42.1 Å². The molecule has 2 aliphatic rings. The molecule has 2 aromatic rings. The molecule has 0 amide bonds. The minimum atomic E-state index is -3.02. The van der Waals surface area contributed by atoms with Crippen LogP contribution in [0.1, 0.15) is 31.2 Å². The summed E-state index contributed by atoms with van der Waals surface area (Å²) in [5, 5.41) is 11.2. The van der Waals surface area contributed by atoms with Crippen LogP contribution >= 0.6 is 0 Å². The first kappa shape index (κ1) is 13.2. The van der Waals surface area contributed by atoms with Gasteiger partial charge in [-0.2, -0.15) is 0 Å². The van der Waals surface area contributed by atoms with Crippen LogP contribution in [0.2, 0.25) is 0 Å². The van der Waals surface area contributed by atoms with Crippen LogP contribution in [-0.4, -0.2) is 29.0 Å². The molecule has 110 valence electrons. The van der Waals surface area contributed by atoms with Gasteiger partial charge in [-0.25, -0.2) is 8.42 Å². The van der Waals surface area contributed by atoms with Gasteiger partial charge in [0.1, 0.15) is 0 Å². The maximum atomic E-state index is 12.2. The zero-order valence-corrected chi connectivity index (χ0v) is 12.4. The molecule has 5 heteroatoms. The maximum absolute atomic E-state index is 12.2. The van der Waals surface area contributed by atoms with Crippen LogP contribution in [0.25, 0.3) is 10.9 Å². The van der Waals surface area contributed by atoms with E-state index < -0.39 is 15.4 Å². The first-order valence-electron chi connectivity index (χ1n) is 7.29. The Bertz CT molecular complexity index is 795. The van der Waals surface area contributed by atoms with Crippen LogP contribution < -0.4 is 0 Å². The summed E-state index contributed by atoms with van der Waals surface area (Å²) in [4.78, 5) is 4.28. The first-order chi connectivity index (χ1) is 9.99. The van der Waals surface area contributed by atoms with E-state index in [9.17, 15) is 13.5 Å². The highest BCUT2D eigenvalue weighted by atomic mass is 32.2. The molecule has 1 N–H and O–H groups in total. The van der Waals surface area contributed by atoms with E-state index in [1.54, 1.807) is 6.20 Å². The molecule has 2 atom stereocenters. The van der Waals surface area contributed by atoms with Gasteiger partial charge in [0.15, 0.2) is 9.84 Å². The van der Waals surface area contributed by atoms with Crippen molar-refractivity contribution in [2.24, 2.45) is 0 Å². The molecule has 1 aromatic heterocycles. The Morgan fingerprint density at radius 2 is 1.86 bits per heavy atom. The maximum Gasteiger partial charge on any atom is 0.156 e. The van der Waals surface area contributed by atoms with Crippen molar-refractivity contribution in [3.63, 3.8) is 0 Å². The number of aromatic nitrogens is 1. The molecule has 1 aromatic carbocycles. The van der Waals surface area contributed by atoms with Gasteiger partial charge in [-0.05, 0) is 49.4 Å². The fourth-order valence-electron chi connectivity index (χ4n) is 3.85. The van der Waals surface area contributed by atoms with Crippen molar-refractivity contribution in [2.75, 3.05) is 0 Å². The SMILES string of the molecule is O=S1(=O)C2CCC1CC(O)(c1ccc3ncccc3c1)C2. The number of benzene rings is 1. The van der Waals surface area contributed by atoms with Crippen LogP contribution in [0.3, 0.4) is 0 Å². The second kappa shape index (κ2) is 4.27. The van der Waals surface area contributed by atoms with E-state index >= 15 is 0 Å². The van der Waals surface area contributed by atoms with Crippen molar-refractivity contribution in [2.45, 2.75) is 41.8 Å². The van der Waals surface area contributed by atoms with Gasteiger partial charge in [-0.3, -0.25) is 4.98 Å². The fraction of sp³-hybridized carbons (Fsp3) is 0.438. The lowest BCUT2D eigenvalue weighted by Crippen LogP contribution is -2.43. The van der Waals surface area contributed by atoms with Gasteiger partial charge < -0.3 is 5.11 Å².